The molecule has 0 fully saturated rings. The zero-order valence-electron chi connectivity index (χ0n) is 9.98. The third-order valence-corrected chi connectivity index (χ3v) is 4.76. The highest BCUT2D eigenvalue weighted by Gasteiger charge is 2.13. The number of benzene rings is 1. The van der Waals surface area contributed by atoms with E-state index in [1.165, 1.54) is 18.9 Å². The molecule has 1 nitrogen and oxygen atoms in total. The number of rotatable bonds is 3. The van der Waals surface area contributed by atoms with E-state index in [0.29, 0.717) is 5.92 Å². The van der Waals surface area contributed by atoms with Crippen molar-refractivity contribution in [2.75, 3.05) is 0 Å². The number of nitrogens with two attached hydrogens (primary N) is 1. The summed E-state index contributed by atoms with van der Waals surface area (Å²) in [5.74, 6) is 0.484. The Kier molecular flexibility index (Phi) is 4.22. The number of halogens is 1. The number of thiophene rings is 1. The van der Waals surface area contributed by atoms with Gasteiger partial charge in [-0.3, -0.25) is 0 Å². The third kappa shape index (κ3) is 3.09. The molecule has 0 bridgehead atoms. The molecule has 1 aromatic heterocycles. The van der Waals surface area contributed by atoms with Crippen molar-refractivity contribution in [2.45, 2.75) is 19.9 Å². The van der Waals surface area contributed by atoms with E-state index in [9.17, 15) is 0 Å². The van der Waals surface area contributed by atoms with Crippen LogP contribution in [0.4, 0.5) is 0 Å². The summed E-state index contributed by atoms with van der Waals surface area (Å²) in [5, 5.41) is 0. The predicted molar refractivity (Wildman–Crippen MR) is 84.2 cm³/mol. The minimum atomic E-state index is 0.151. The summed E-state index contributed by atoms with van der Waals surface area (Å²) in [5.41, 5.74) is 7.44. The Balaban J connectivity index is 2.26. The lowest BCUT2D eigenvalue weighted by Crippen LogP contribution is -2.14. The summed E-state index contributed by atoms with van der Waals surface area (Å²) in [6.45, 7) is 4.32. The molecule has 0 spiro atoms. The first-order valence-corrected chi connectivity index (χ1v) is 7.58. The van der Waals surface area contributed by atoms with Crippen LogP contribution >= 0.6 is 33.9 Å². The normalized spacial score (nSPS) is 13.0. The smallest absolute Gasteiger partial charge is 0.0413 e. The molecule has 3 heteroatoms. The van der Waals surface area contributed by atoms with Gasteiger partial charge >= 0.3 is 0 Å². The molecule has 1 heterocycles. The van der Waals surface area contributed by atoms with Gasteiger partial charge in [-0.15, -0.1) is 11.3 Å². The highest BCUT2D eigenvalue weighted by Crippen LogP contribution is 2.33. The molecule has 2 N–H and O–H groups in total. The maximum atomic E-state index is 6.16. The fourth-order valence-corrected chi connectivity index (χ4v) is 3.18. The summed E-state index contributed by atoms with van der Waals surface area (Å²) in [6, 6.07) is 13.1. The van der Waals surface area contributed by atoms with Crippen LogP contribution in [0.15, 0.2) is 36.4 Å². The maximum Gasteiger partial charge on any atom is 0.0413 e. The highest BCUT2D eigenvalue weighted by molar-refractivity contribution is 14.1. The van der Waals surface area contributed by atoms with Crippen molar-refractivity contribution in [3.05, 3.63) is 44.8 Å². The van der Waals surface area contributed by atoms with E-state index in [-0.39, 0.29) is 6.04 Å². The maximum absolute atomic E-state index is 6.16. The Labute approximate surface area is 120 Å². The average molecular weight is 357 g/mol. The summed E-state index contributed by atoms with van der Waals surface area (Å²) in [4.78, 5) is 2.57. The van der Waals surface area contributed by atoms with Gasteiger partial charge in [-0.05, 0) is 58.3 Å². The molecule has 0 saturated carbocycles. The molecule has 90 valence electrons. The van der Waals surface area contributed by atoms with Crippen LogP contribution in [0, 0.1) is 9.49 Å². The second kappa shape index (κ2) is 5.50. The van der Waals surface area contributed by atoms with Crippen molar-refractivity contribution in [1.29, 1.82) is 0 Å². The Bertz CT molecular complexity index is 487. The van der Waals surface area contributed by atoms with Crippen LogP contribution in [0.1, 0.15) is 24.8 Å². The molecule has 2 aromatic rings. The lowest BCUT2D eigenvalue weighted by atomic mass is 10.0. The van der Waals surface area contributed by atoms with Gasteiger partial charge in [-0.1, -0.05) is 26.0 Å². The molecule has 1 atom stereocenters. The largest absolute Gasteiger partial charge is 0.323 e. The fourth-order valence-electron chi connectivity index (χ4n) is 1.63. The monoisotopic (exact) mass is 357 g/mol. The molecular weight excluding hydrogens is 341 g/mol. The van der Waals surface area contributed by atoms with E-state index in [4.69, 9.17) is 5.73 Å². The van der Waals surface area contributed by atoms with E-state index >= 15 is 0 Å². The molecule has 0 amide bonds. The second-order valence-corrected chi connectivity index (χ2v) is 6.84. The fraction of sp³-hybridized carbons (Fsp3) is 0.286. The summed E-state index contributed by atoms with van der Waals surface area (Å²) in [6.07, 6.45) is 0. The zero-order valence-corrected chi connectivity index (χ0v) is 13.0. The van der Waals surface area contributed by atoms with E-state index in [1.54, 1.807) is 11.3 Å². The molecule has 1 unspecified atom stereocenters. The quantitative estimate of drug-likeness (QED) is 0.794. The molecule has 0 aliphatic rings. The van der Waals surface area contributed by atoms with Crippen LogP contribution in [-0.4, -0.2) is 0 Å². The van der Waals surface area contributed by atoms with E-state index in [1.807, 2.05) is 0 Å². The highest BCUT2D eigenvalue weighted by atomic mass is 127. The second-order valence-electron chi connectivity index (χ2n) is 4.48. The van der Waals surface area contributed by atoms with Crippen molar-refractivity contribution in [2.24, 2.45) is 11.7 Å². The molecule has 17 heavy (non-hydrogen) atoms. The first-order chi connectivity index (χ1) is 8.08. The number of hydrogen-bond donors (Lipinski definition) is 1. The molecule has 0 aliphatic heterocycles. The lowest BCUT2D eigenvalue weighted by Gasteiger charge is -2.12. The van der Waals surface area contributed by atoms with Gasteiger partial charge in [-0.25, -0.2) is 0 Å². The third-order valence-electron chi connectivity index (χ3n) is 2.80. The van der Waals surface area contributed by atoms with Crippen molar-refractivity contribution in [3.63, 3.8) is 0 Å². The molecule has 2 rings (SSSR count). The summed E-state index contributed by atoms with van der Waals surface area (Å²) >= 11 is 4.12. The minimum Gasteiger partial charge on any atom is -0.323 e. The van der Waals surface area contributed by atoms with Crippen LogP contribution in [0.5, 0.6) is 0 Å². The van der Waals surface area contributed by atoms with Gasteiger partial charge in [0.2, 0.25) is 0 Å². The van der Waals surface area contributed by atoms with Crippen LogP contribution in [0.25, 0.3) is 10.4 Å². The van der Waals surface area contributed by atoms with Crippen molar-refractivity contribution >= 4 is 33.9 Å². The van der Waals surface area contributed by atoms with E-state index in [0.717, 1.165) is 0 Å². The average Bonchev–Trinajstić information content (AvgIpc) is 2.78. The molecule has 0 radical (unpaired) electrons. The Hall–Kier alpha value is -0.390. The standard InChI is InChI=1S/C14H16INS/c1-9(2)14(16)13-8-7-12(17-13)10-3-5-11(15)6-4-10/h3-9,14H,16H2,1-2H3. The SMILES string of the molecule is CC(C)C(N)c1ccc(-c2ccc(I)cc2)s1. The minimum absolute atomic E-state index is 0.151. The van der Waals surface area contributed by atoms with Gasteiger partial charge in [0.15, 0.2) is 0 Å². The lowest BCUT2D eigenvalue weighted by molar-refractivity contribution is 0.521. The topological polar surface area (TPSA) is 26.0 Å². The number of hydrogen-bond acceptors (Lipinski definition) is 2. The van der Waals surface area contributed by atoms with Crippen LogP contribution < -0.4 is 5.73 Å². The van der Waals surface area contributed by atoms with Crippen molar-refractivity contribution < 1.29 is 0 Å². The van der Waals surface area contributed by atoms with Gasteiger partial charge in [-0.2, -0.15) is 0 Å². The van der Waals surface area contributed by atoms with E-state index in [2.05, 4.69) is 72.8 Å². The van der Waals surface area contributed by atoms with Gasteiger partial charge in [0, 0.05) is 19.4 Å². The predicted octanol–water partition coefficient (Wildman–Crippen LogP) is 4.68. The van der Waals surface area contributed by atoms with Gasteiger partial charge in [0.1, 0.15) is 0 Å². The van der Waals surface area contributed by atoms with E-state index < -0.39 is 0 Å². The van der Waals surface area contributed by atoms with Crippen LogP contribution in [0.2, 0.25) is 0 Å². The molecular formula is C14H16INS. The molecule has 1 aromatic carbocycles. The molecule has 0 saturated heterocycles. The van der Waals surface area contributed by atoms with Crippen molar-refractivity contribution in [1.82, 2.24) is 0 Å². The summed E-state index contributed by atoms with van der Waals surface area (Å²) < 4.78 is 1.27. The van der Waals surface area contributed by atoms with Gasteiger partial charge in [0.05, 0.1) is 0 Å². The first-order valence-electron chi connectivity index (χ1n) is 5.69. The van der Waals surface area contributed by atoms with Gasteiger partial charge in [0.25, 0.3) is 0 Å². The first kappa shape index (κ1) is 13.1. The Morgan fingerprint density at radius 2 is 1.71 bits per heavy atom. The summed E-state index contributed by atoms with van der Waals surface area (Å²) in [7, 11) is 0. The van der Waals surface area contributed by atoms with Crippen LogP contribution in [0.3, 0.4) is 0 Å². The van der Waals surface area contributed by atoms with Crippen molar-refractivity contribution in [3.8, 4) is 10.4 Å². The molecule has 0 aliphatic carbocycles. The zero-order chi connectivity index (χ0) is 12.4. The van der Waals surface area contributed by atoms with Crippen LogP contribution in [-0.2, 0) is 0 Å². The van der Waals surface area contributed by atoms with Gasteiger partial charge < -0.3 is 5.73 Å². The Morgan fingerprint density at radius 1 is 1.06 bits per heavy atom. The Morgan fingerprint density at radius 3 is 2.29 bits per heavy atom.